The Hall–Kier alpha value is -1.09. The second-order valence-electron chi connectivity index (χ2n) is 6.11. The van der Waals surface area contributed by atoms with E-state index in [4.69, 9.17) is 4.74 Å². The fourth-order valence-corrected chi connectivity index (χ4v) is 3.43. The lowest BCUT2D eigenvalue weighted by atomic mass is 9.76. The second-order valence-corrected chi connectivity index (χ2v) is 6.11. The number of pyridine rings is 1. The Balaban J connectivity index is 2.34. The largest absolute Gasteiger partial charge is 0.495 e. The summed E-state index contributed by atoms with van der Waals surface area (Å²) in [5.74, 6) is 1.52. The summed E-state index contributed by atoms with van der Waals surface area (Å²) < 4.78 is 5.50. The Morgan fingerprint density at radius 1 is 1.53 bits per heavy atom. The molecular weight excluding hydrogens is 236 g/mol. The molecule has 0 amide bonds. The molecule has 106 valence electrons. The maximum absolute atomic E-state index is 5.50. The molecule has 1 fully saturated rings. The van der Waals surface area contributed by atoms with Crippen LogP contribution in [0.1, 0.15) is 51.8 Å². The predicted octanol–water partition coefficient (Wildman–Crippen LogP) is 3.57. The van der Waals surface area contributed by atoms with Crippen LogP contribution in [-0.2, 0) is 0 Å². The van der Waals surface area contributed by atoms with Crippen LogP contribution in [0, 0.1) is 11.3 Å². The Bertz CT molecular complexity index is 417. The average Bonchev–Trinajstić information content (AvgIpc) is 2.75. The topological polar surface area (TPSA) is 34.2 Å². The van der Waals surface area contributed by atoms with Crippen LogP contribution in [0.15, 0.2) is 18.3 Å². The summed E-state index contributed by atoms with van der Waals surface area (Å²) in [5, 5.41) is 3.63. The van der Waals surface area contributed by atoms with E-state index in [1.54, 1.807) is 7.11 Å². The van der Waals surface area contributed by atoms with E-state index in [9.17, 15) is 0 Å². The van der Waals surface area contributed by atoms with Gasteiger partial charge in [0.1, 0.15) is 5.75 Å². The number of hydrogen-bond acceptors (Lipinski definition) is 3. The summed E-state index contributed by atoms with van der Waals surface area (Å²) in [5.41, 5.74) is 1.43. The summed E-state index contributed by atoms with van der Waals surface area (Å²) in [7, 11) is 1.73. The molecule has 1 aliphatic rings. The lowest BCUT2D eigenvalue weighted by Gasteiger charge is -2.34. The highest BCUT2D eigenvalue weighted by Gasteiger charge is 2.41. The van der Waals surface area contributed by atoms with Crippen molar-refractivity contribution in [2.45, 2.75) is 46.1 Å². The molecule has 3 heteroatoms. The van der Waals surface area contributed by atoms with Crippen molar-refractivity contribution in [3.05, 3.63) is 24.0 Å². The van der Waals surface area contributed by atoms with Gasteiger partial charge in [-0.05, 0) is 42.9 Å². The second kappa shape index (κ2) is 5.91. The van der Waals surface area contributed by atoms with Gasteiger partial charge in [-0.15, -0.1) is 0 Å². The van der Waals surface area contributed by atoms with Gasteiger partial charge in [0.05, 0.1) is 18.8 Å². The van der Waals surface area contributed by atoms with E-state index in [-0.39, 0.29) is 0 Å². The Morgan fingerprint density at radius 3 is 2.89 bits per heavy atom. The maximum atomic E-state index is 5.50. The zero-order valence-corrected chi connectivity index (χ0v) is 12.6. The Morgan fingerprint density at radius 2 is 2.32 bits per heavy atom. The van der Waals surface area contributed by atoms with Crippen molar-refractivity contribution in [1.82, 2.24) is 10.3 Å². The molecule has 1 heterocycles. The van der Waals surface area contributed by atoms with E-state index in [0.717, 1.165) is 18.0 Å². The van der Waals surface area contributed by atoms with Crippen LogP contribution in [-0.4, -0.2) is 18.6 Å². The van der Waals surface area contributed by atoms with Gasteiger partial charge in [0.25, 0.3) is 0 Å². The Labute approximate surface area is 116 Å². The molecule has 1 aromatic heterocycles. The number of aromatic nitrogens is 1. The molecule has 0 aromatic carbocycles. The van der Waals surface area contributed by atoms with Gasteiger partial charge in [0.15, 0.2) is 0 Å². The number of nitrogens with one attached hydrogen (secondary N) is 1. The highest BCUT2D eigenvalue weighted by atomic mass is 16.5. The van der Waals surface area contributed by atoms with Crippen molar-refractivity contribution in [2.75, 3.05) is 13.7 Å². The van der Waals surface area contributed by atoms with Crippen molar-refractivity contribution >= 4 is 0 Å². The van der Waals surface area contributed by atoms with Gasteiger partial charge in [-0.3, -0.25) is 4.98 Å². The lowest BCUT2D eigenvalue weighted by Crippen LogP contribution is -2.34. The molecule has 3 nitrogen and oxygen atoms in total. The fraction of sp³-hybridized carbons (Fsp3) is 0.688. The Kier molecular flexibility index (Phi) is 4.46. The van der Waals surface area contributed by atoms with Crippen LogP contribution in [0.5, 0.6) is 5.75 Å². The van der Waals surface area contributed by atoms with Crippen LogP contribution in [0.4, 0.5) is 0 Å². The minimum absolute atomic E-state index is 0.290. The van der Waals surface area contributed by atoms with E-state index in [1.165, 1.54) is 19.3 Å². The first-order valence-corrected chi connectivity index (χ1v) is 7.32. The zero-order valence-electron chi connectivity index (χ0n) is 12.6. The van der Waals surface area contributed by atoms with Crippen LogP contribution in [0.3, 0.4) is 0 Å². The summed E-state index contributed by atoms with van der Waals surface area (Å²) in [6, 6.07) is 4.23. The monoisotopic (exact) mass is 262 g/mol. The van der Waals surface area contributed by atoms with Crippen molar-refractivity contribution < 1.29 is 4.74 Å². The third kappa shape index (κ3) is 2.92. The maximum Gasteiger partial charge on any atom is 0.141 e. The van der Waals surface area contributed by atoms with Crippen LogP contribution in [0.25, 0.3) is 0 Å². The molecule has 0 spiro atoms. The summed E-state index contributed by atoms with van der Waals surface area (Å²) >= 11 is 0. The molecule has 0 aliphatic heterocycles. The third-order valence-electron chi connectivity index (χ3n) is 4.48. The highest BCUT2D eigenvalue weighted by molar-refractivity contribution is 5.30. The number of ether oxygens (including phenoxy) is 1. The first kappa shape index (κ1) is 14.3. The van der Waals surface area contributed by atoms with E-state index in [0.29, 0.717) is 17.4 Å². The third-order valence-corrected chi connectivity index (χ3v) is 4.48. The summed E-state index contributed by atoms with van der Waals surface area (Å²) in [6.45, 7) is 7.87. The molecule has 1 aromatic rings. The van der Waals surface area contributed by atoms with E-state index < -0.39 is 0 Å². The fourth-order valence-electron chi connectivity index (χ4n) is 3.43. The van der Waals surface area contributed by atoms with Crippen LogP contribution >= 0.6 is 0 Å². The van der Waals surface area contributed by atoms with E-state index in [2.05, 4.69) is 31.1 Å². The van der Waals surface area contributed by atoms with Gasteiger partial charge >= 0.3 is 0 Å². The van der Waals surface area contributed by atoms with Crippen molar-refractivity contribution in [3.8, 4) is 5.75 Å². The SMILES string of the molecule is CCNC(c1ncccc1OC)C1CCCC1(C)C. The quantitative estimate of drug-likeness (QED) is 0.881. The van der Waals surface area contributed by atoms with E-state index >= 15 is 0 Å². The predicted molar refractivity (Wildman–Crippen MR) is 78.3 cm³/mol. The highest BCUT2D eigenvalue weighted by Crippen LogP contribution is 2.49. The molecule has 2 rings (SSSR count). The standard InChI is InChI=1S/C16H26N2O/c1-5-17-14(12-8-6-10-16(12,2)3)15-13(19-4)9-7-11-18-15/h7,9,11-12,14,17H,5-6,8,10H2,1-4H3. The number of rotatable bonds is 5. The van der Waals surface area contributed by atoms with Gasteiger partial charge in [-0.25, -0.2) is 0 Å². The van der Waals surface area contributed by atoms with Gasteiger partial charge in [0.2, 0.25) is 0 Å². The summed E-state index contributed by atoms with van der Waals surface area (Å²) in [6.07, 6.45) is 5.75. The average molecular weight is 262 g/mol. The molecule has 0 bridgehead atoms. The number of nitrogens with zero attached hydrogens (tertiary/aromatic N) is 1. The molecular formula is C16H26N2O. The molecule has 1 saturated carbocycles. The first-order valence-electron chi connectivity index (χ1n) is 7.32. The molecule has 2 unspecified atom stereocenters. The van der Waals surface area contributed by atoms with Gasteiger partial charge in [-0.1, -0.05) is 27.2 Å². The molecule has 1 aliphatic carbocycles. The van der Waals surface area contributed by atoms with Crippen molar-refractivity contribution in [2.24, 2.45) is 11.3 Å². The van der Waals surface area contributed by atoms with Crippen LogP contribution in [0.2, 0.25) is 0 Å². The lowest BCUT2D eigenvalue weighted by molar-refractivity contribution is 0.193. The molecule has 1 N–H and O–H groups in total. The number of methoxy groups -OCH3 is 1. The van der Waals surface area contributed by atoms with Gasteiger partial charge < -0.3 is 10.1 Å². The normalized spacial score (nSPS) is 23.3. The number of hydrogen-bond donors (Lipinski definition) is 1. The molecule has 0 radical (unpaired) electrons. The van der Waals surface area contributed by atoms with Crippen molar-refractivity contribution in [1.29, 1.82) is 0 Å². The minimum Gasteiger partial charge on any atom is -0.495 e. The van der Waals surface area contributed by atoms with E-state index in [1.807, 2.05) is 18.3 Å². The minimum atomic E-state index is 0.290. The molecule has 19 heavy (non-hydrogen) atoms. The smallest absolute Gasteiger partial charge is 0.141 e. The zero-order chi connectivity index (χ0) is 13.9. The van der Waals surface area contributed by atoms with Crippen LogP contribution < -0.4 is 10.1 Å². The van der Waals surface area contributed by atoms with Crippen molar-refractivity contribution in [3.63, 3.8) is 0 Å². The first-order chi connectivity index (χ1) is 9.10. The summed E-state index contributed by atoms with van der Waals surface area (Å²) in [4.78, 5) is 4.59. The van der Waals surface area contributed by atoms with Gasteiger partial charge in [0, 0.05) is 6.20 Å². The molecule has 2 atom stereocenters. The van der Waals surface area contributed by atoms with Gasteiger partial charge in [-0.2, -0.15) is 0 Å². The molecule has 0 saturated heterocycles.